The zero-order valence-corrected chi connectivity index (χ0v) is 8.51. The fraction of sp³-hybridized carbons (Fsp3) is 0.400. The Balaban J connectivity index is 2.97. The van der Waals surface area contributed by atoms with Crippen molar-refractivity contribution in [3.8, 4) is 5.75 Å². The van der Waals surface area contributed by atoms with E-state index in [1.54, 1.807) is 25.1 Å². The molecule has 3 heteroatoms. The van der Waals surface area contributed by atoms with Gasteiger partial charge in [0.1, 0.15) is 5.75 Å². The summed E-state index contributed by atoms with van der Waals surface area (Å²) < 4.78 is 5.28. The first kappa shape index (κ1) is 10.4. The van der Waals surface area contributed by atoms with Crippen molar-refractivity contribution >= 4 is 11.6 Å². The fourth-order valence-corrected chi connectivity index (χ4v) is 1.22. The zero-order valence-electron chi connectivity index (χ0n) is 7.75. The lowest BCUT2D eigenvalue weighted by Gasteiger charge is -2.09. The number of benzene rings is 1. The molecule has 1 atom stereocenters. The van der Waals surface area contributed by atoms with Gasteiger partial charge < -0.3 is 9.84 Å². The van der Waals surface area contributed by atoms with Crippen LogP contribution in [0.1, 0.15) is 25.5 Å². The van der Waals surface area contributed by atoms with Crippen molar-refractivity contribution in [3.05, 3.63) is 28.8 Å². The van der Waals surface area contributed by atoms with Gasteiger partial charge in [0.15, 0.2) is 0 Å². The lowest BCUT2D eigenvalue weighted by molar-refractivity contribution is 0.198. The standard InChI is InChI=1S/C10H13ClO2/c1-3-13-10-6-8(7(2)12)4-5-9(10)11/h4-7,12H,3H2,1-2H3. The summed E-state index contributed by atoms with van der Waals surface area (Å²) in [5.74, 6) is 0.627. The third-order valence-corrected chi connectivity index (χ3v) is 2.05. The molecule has 0 bridgehead atoms. The Bertz CT molecular complexity index is 284. The van der Waals surface area contributed by atoms with Crippen LogP contribution in [-0.2, 0) is 0 Å². The van der Waals surface area contributed by atoms with E-state index in [4.69, 9.17) is 16.3 Å². The number of hydrogen-bond donors (Lipinski definition) is 1. The molecule has 1 unspecified atom stereocenters. The third kappa shape index (κ3) is 2.61. The first-order valence-corrected chi connectivity index (χ1v) is 4.63. The lowest BCUT2D eigenvalue weighted by Crippen LogP contribution is -1.96. The van der Waals surface area contributed by atoms with E-state index in [-0.39, 0.29) is 0 Å². The van der Waals surface area contributed by atoms with Gasteiger partial charge >= 0.3 is 0 Å². The van der Waals surface area contributed by atoms with E-state index in [9.17, 15) is 5.11 Å². The molecule has 72 valence electrons. The van der Waals surface area contributed by atoms with Crippen molar-refractivity contribution in [1.82, 2.24) is 0 Å². The number of ether oxygens (including phenoxy) is 1. The predicted octanol–water partition coefficient (Wildman–Crippen LogP) is 2.79. The van der Waals surface area contributed by atoms with Crippen LogP contribution in [0.2, 0.25) is 5.02 Å². The Morgan fingerprint density at radius 1 is 1.54 bits per heavy atom. The van der Waals surface area contributed by atoms with Crippen LogP contribution in [0.3, 0.4) is 0 Å². The Morgan fingerprint density at radius 3 is 2.77 bits per heavy atom. The maximum absolute atomic E-state index is 9.31. The highest BCUT2D eigenvalue weighted by molar-refractivity contribution is 6.32. The molecule has 0 heterocycles. The third-order valence-electron chi connectivity index (χ3n) is 1.74. The van der Waals surface area contributed by atoms with Crippen molar-refractivity contribution < 1.29 is 9.84 Å². The lowest BCUT2D eigenvalue weighted by atomic mass is 10.1. The maximum atomic E-state index is 9.31. The van der Waals surface area contributed by atoms with Crippen LogP contribution in [0.5, 0.6) is 5.75 Å². The molecular formula is C10H13ClO2. The van der Waals surface area contributed by atoms with Gasteiger partial charge in [-0.3, -0.25) is 0 Å². The van der Waals surface area contributed by atoms with Crippen molar-refractivity contribution in [2.75, 3.05) is 6.61 Å². The van der Waals surface area contributed by atoms with Gasteiger partial charge in [-0.15, -0.1) is 0 Å². The minimum atomic E-state index is -0.489. The molecule has 0 fully saturated rings. The average molecular weight is 201 g/mol. The summed E-state index contributed by atoms with van der Waals surface area (Å²) in [7, 11) is 0. The molecule has 0 amide bonds. The van der Waals surface area contributed by atoms with Gasteiger partial charge in [0.05, 0.1) is 17.7 Å². The van der Waals surface area contributed by atoms with E-state index < -0.39 is 6.10 Å². The first-order chi connectivity index (χ1) is 6.15. The van der Waals surface area contributed by atoms with Gasteiger partial charge in [-0.2, -0.15) is 0 Å². The molecule has 0 aliphatic carbocycles. The first-order valence-electron chi connectivity index (χ1n) is 4.25. The molecule has 1 rings (SSSR count). The summed E-state index contributed by atoms with van der Waals surface area (Å²) >= 11 is 5.87. The van der Waals surface area contributed by atoms with Gasteiger partial charge in [0, 0.05) is 0 Å². The summed E-state index contributed by atoms with van der Waals surface area (Å²) in [4.78, 5) is 0. The Morgan fingerprint density at radius 2 is 2.23 bits per heavy atom. The molecule has 0 aliphatic rings. The molecule has 0 aliphatic heterocycles. The zero-order chi connectivity index (χ0) is 9.84. The predicted molar refractivity (Wildman–Crippen MR) is 53.3 cm³/mol. The van der Waals surface area contributed by atoms with Gasteiger partial charge in [-0.05, 0) is 31.5 Å². The highest BCUT2D eigenvalue weighted by atomic mass is 35.5. The number of aliphatic hydroxyl groups excluding tert-OH is 1. The summed E-state index contributed by atoms with van der Waals surface area (Å²) in [6, 6.07) is 5.28. The molecular weight excluding hydrogens is 188 g/mol. The normalized spacial score (nSPS) is 12.6. The van der Waals surface area contributed by atoms with Gasteiger partial charge in [-0.1, -0.05) is 17.7 Å². The van der Waals surface area contributed by atoms with E-state index in [0.29, 0.717) is 17.4 Å². The summed E-state index contributed by atoms with van der Waals surface area (Å²) in [5, 5.41) is 9.88. The molecule has 0 radical (unpaired) electrons. The van der Waals surface area contributed by atoms with Crippen molar-refractivity contribution in [3.63, 3.8) is 0 Å². The minimum absolute atomic E-state index is 0.489. The second-order valence-electron chi connectivity index (χ2n) is 2.80. The molecule has 1 aromatic carbocycles. The quantitative estimate of drug-likeness (QED) is 0.813. The van der Waals surface area contributed by atoms with E-state index in [1.165, 1.54) is 0 Å². The fourth-order valence-electron chi connectivity index (χ4n) is 1.05. The van der Waals surface area contributed by atoms with Gasteiger partial charge in [0.25, 0.3) is 0 Å². The second kappa shape index (κ2) is 4.49. The highest BCUT2D eigenvalue weighted by Crippen LogP contribution is 2.27. The number of aliphatic hydroxyl groups is 1. The molecule has 0 saturated heterocycles. The smallest absolute Gasteiger partial charge is 0.138 e. The summed E-state index contributed by atoms with van der Waals surface area (Å²) in [6.07, 6.45) is -0.489. The van der Waals surface area contributed by atoms with Gasteiger partial charge in [-0.25, -0.2) is 0 Å². The number of hydrogen-bond acceptors (Lipinski definition) is 2. The molecule has 13 heavy (non-hydrogen) atoms. The van der Waals surface area contributed by atoms with Crippen molar-refractivity contribution in [2.45, 2.75) is 20.0 Å². The molecule has 0 spiro atoms. The van der Waals surface area contributed by atoms with E-state index in [0.717, 1.165) is 5.56 Å². The van der Waals surface area contributed by atoms with E-state index in [1.807, 2.05) is 6.92 Å². The Kier molecular flexibility index (Phi) is 3.58. The average Bonchev–Trinajstić information content (AvgIpc) is 2.08. The van der Waals surface area contributed by atoms with Crippen molar-refractivity contribution in [2.24, 2.45) is 0 Å². The molecule has 1 aromatic rings. The van der Waals surface area contributed by atoms with Crippen LogP contribution in [0, 0.1) is 0 Å². The van der Waals surface area contributed by atoms with E-state index in [2.05, 4.69) is 0 Å². The van der Waals surface area contributed by atoms with Gasteiger partial charge in [0.2, 0.25) is 0 Å². The summed E-state index contributed by atoms with van der Waals surface area (Å²) in [5.41, 5.74) is 0.813. The van der Waals surface area contributed by atoms with Crippen LogP contribution in [0.4, 0.5) is 0 Å². The monoisotopic (exact) mass is 200 g/mol. The van der Waals surface area contributed by atoms with Crippen LogP contribution in [-0.4, -0.2) is 11.7 Å². The van der Waals surface area contributed by atoms with Crippen molar-refractivity contribution in [1.29, 1.82) is 0 Å². The molecule has 0 saturated carbocycles. The van der Waals surface area contributed by atoms with Crippen LogP contribution in [0.25, 0.3) is 0 Å². The Labute approximate surface area is 83.1 Å². The SMILES string of the molecule is CCOc1cc(C(C)O)ccc1Cl. The highest BCUT2D eigenvalue weighted by Gasteiger charge is 2.05. The topological polar surface area (TPSA) is 29.5 Å². The number of rotatable bonds is 3. The summed E-state index contributed by atoms with van der Waals surface area (Å²) in [6.45, 7) is 4.17. The number of halogens is 1. The molecule has 2 nitrogen and oxygen atoms in total. The second-order valence-corrected chi connectivity index (χ2v) is 3.21. The van der Waals surface area contributed by atoms with Crippen LogP contribution < -0.4 is 4.74 Å². The van der Waals surface area contributed by atoms with Crippen LogP contribution >= 0.6 is 11.6 Å². The maximum Gasteiger partial charge on any atom is 0.138 e. The minimum Gasteiger partial charge on any atom is -0.492 e. The Hall–Kier alpha value is -0.730. The largest absolute Gasteiger partial charge is 0.492 e. The molecule has 1 N–H and O–H groups in total. The van der Waals surface area contributed by atoms with E-state index >= 15 is 0 Å². The van der Waals surface area contributed by atoms with Crippen LogP contribution in [0.15, 0.2) is 18.2 Å². The molecule has 0 aromatic heterocycles.